The van der Waals surface area contributed by atoms with Gasteiger partial charge in [0.1, 0.15) is 18.0 Å². The Bertz CT molecular complexity index is 524. The van der Waals surface area contributed by atoms with E-state index in [0.29, 0.717) is 12.1 Å². The second-order valence-electron chi connectivity index (χ2n) is 7.90. The highest BCUT2D eigenvalue weighted by Gasteiger charge is 2.25. The van der Waals surface area contributed by atoms with Crippen molar-refractivity contribution in [3.8, 4) is 0 Å². The Morgan fingerprint density at radius 3 is 2.54 bits per heavy atom. The normalized spacial score (nSPS) is 23.7. The second kappa shape index (κ2) is 7.68. The van der Waals surface area contributed by atoms with Crippen LogP contribution in [0.3, 0.4) is 0 Å². The van der Waals surface area contributed by atoms with E-state index in [9.17, 15) is 0 Å². The van der Waals surface area contributed by atoms with Crippen molar-refractivity contribution in [3.63, 3.8) is 0 Å². The van der Waals surface area contributed by atoms with E-state index in [1.54, 1.807) is 6.33 Å². The summed E-state index contributed by atoms with van der Waals surface area (Å²) in [6.45, 7) is 11.5. The number of likely N-dealkylation sites (tertiary alicyclic amines) is 1. The zero-order chi connectivity index (χ0) is 17.1. The van der Waals surface area contributed by atoms with Gasteiger partial charge in [0.05, 0.1) is 0 Å². The van der Waals surface area contributed by atoms with Gasteiger partial charge in [-0.2, -0.15) is 0 Å². The molecule has 5 heteroatoms. The van der Waals surface area contributed by atoms with Crippen LogP contribution in [0, 0.1) is 5.92 Å². The molecule has 24 heavy (non-hydrogen) atoms. The topological polar surface area (TPSA) is 35.5 Å². The molecule has 0 aromatic carbocycles. The Morgan fingerprint density at radius 2 is 1.88 bits per heavy atom. The summed E-state index contributed by atoms with van der Waals surface area (Å²) < 4.78 is 0. The molecule has 2 fully saturated rings. The highest BCUT2D eigenvalue weighted by Crippen LogP contribution is 2.26. The van der Waals surface area contributed by atoms with Crippen LogP contribution in [0.2, 0.25) is 0 Å². The van der Waals surface area contributed by atoms with Crippen molar-refractivity contribution in [1.82, 2.24) is 14.9 Å². The van der Waals surface area contributed by atoms with E-state index in [0.717, 1.165) is 30.6 Å². The zero-order valence-electron chi connectivity index (χ0n) is 15.8. The third-order valence-electron chi connectivity index (χ3n) is 5.76. The van der Waals surface area contributed by atoms with Gasteiger partial charge >= 0.3 is 0 Å². The molecule has 0 bridgehead atoms. The molecule has 1 unspecified atom stereocenters. The Morgan fingerprint density at radius 1 is 1.12 bits per heavy atom. The van der Waals surface area contributed by atoms with Gasteiger partial charge in [0, 0.05) is 51.4 Å². The zero-order valence-corrected chi connectivity index (χ0v) is 15.8. The van der Waals surface area contributed by atoms with Crippen molar-refractivity contribution >= 4 is 11.6 Å². The fourth-order valence-electron chi connectivity index (χ4n) is 4.08. The standard InChI is InChI=1S/C19H33N5/c1-15(2)23-10-7-17(8-11-23)22(4)18-12-19(21-14-20-18)24-9-5-6-16(3)13-24/h12,14-17H,5-11,13H2,1-4H3. The van der Waals surface area contributed by atoms with Crippen LogP contribution in [-0.2, 0) is 0 Å². The first kappa shape index (κ1) is 17.5. The molecule has 1 atom stereocenters. The summed E-state index contributed by atoms with van der Waals surface area (Å²) in [4.78, 5) is 16.5. The number of piperidine rings is 2. The van der Waals surface area contributed by atoms with Gasteiger partial charge in [-0.25, -0.2) is 9.97 Å². The van der Waals surface area contributed by atoms with Crippen molar-refractivity contribution in [2.24, 2.45) is 5.92 Å². The van der Waals surface area contributed by atoms with E-state index >= 15 is 0 Å². The highest BCUT2D eigenvalue weighted by atomic mass is 15.3. The van der Waals surface area contributed by atoms with Crippen LogP contribution in [-0.4, -0.2) is 60.2 Å². The van der Waals surface area contributed by atoms with Crippen LogP contribution < -0.4 is 9.80 Å². The maximum Gasteiger partial charge on any atom is 0.134 e. The van der Waals surface area contributed by atoms with E-state index < -0.39 is 0 Å². The third kappa shape index (κ3) is 4.00. The Balaban J connectivity index is 1.65. The SMILES string of the molecule is CC1CCCN(c2cc(N(C)C3CCN(C(C)C)CC3)ncn2)C1. The lowest BCUT2D eigenvalue weighted by molar-refractivity contribution is 0.171. The van der Waals surface area contributed by atoms with Crippen molar-refractivity contribution < 1.29 is 0 Å². The third-order valence-corrected chi connectivity index (χ3v) is 5.76. The first-order chi connectivity index (χ1) is 11.5. The molecule has 0 aliphatic carbocycles. The Hall–Kier alpha value is -1.36. The molecule has 1 aromatic rings. The van der Waals surface area contributed by atoms with Crippen LogP contribution in [0.15, 0.2) is 12.4 Å². The first-order valence-electron chi connectivity index (χ1n) is 9.58. The summed E-state index contributed by atoms with van der Waals surface area (Å²) in [7, 11) is 2.20. The minimum Gasteiger partial charge on any atom is -0.356 e. The maximum absolute atomic E-state index is 4.56. The lowest BCUT2D eigenvalue weighted by atomic mass is 10.0. The van der Waals surface area contributed by atoms with E-state index in [1.807, 2.05) is 0 Å². The molecule has 3 heterocycles. The molecule has 5 nitrogen and oxygen atoms in total. The van der Waals surface area contributed by atoms with Crippen LogP contribution in [0.4, 0.5) is 11.6 Å². The molecule has 3 rings (SSSR count). The van der Waals surface area contributed by atoms with Crippen molar-refractivity contribution in [3.05, 3.63) is 12.4 Å². The lowest BCUT2D eigenvalue weighted by Crippen LogP contribution is -2.46. The average Bonchev–Trinajstić information content (AvgIpc) is 2.61. The summed E-state index contributed by atoms with van der Waals surface area (Å²) >= 11 is 0. The molecule has 2 saturated heterocycles. The Labute approximate surface area is 147 Å². The molecule has 0 spiro atoms. The van der Waals surface area contributed by atoms with Gasteiger partial charge in [0.2, 0.25) is 0 Å². The van der Waals surface area contributed by atoms with Crippen molar-refractivity contribution in [1.29, 1.82) is 0 Å². The quantitative estimate of drug-likeness (QED) is 0.847. The van der Waals surface area contributed by atoms with Crippen LogP contribution in [0.25, 0.3) is 0 Å². The second-order valence-corrected chi connectivity index (χ2v) is 7.90. The smallest absolute Gasteiger partial charge is 0.134 e. The summed E-state index contributed by atoms with van der Waals surface area (Å²) in [6.07, 6.45) is 6.78. The van der Waals surface area contributed by atoms with E-state index in [4.69, 9.17) is 0 Å². The van der Waals surface area contributed by atoms with E-state index in [2.05, 4.69) is 58.6 Å². The minimum absolute atomic E-state index is 0.586. The maximum atomic E-state index is 4.56. The number of anilines is 2. The van der Waals surface area contributed by atoms with Gasteiger partial charge in [0.25, 0.3) is 0 Å². The number of aromatic nitrogens is 2. The van der Waals surface area contributed by atoms with Crippen LogP contribution in [0.1, 0.15) is 46.5 Å². The molecule has 0 radical (unpaired) electrons. The largest absolute Gasteiger partial charge is 0.356 e. The van der Waals surface area contributed by atoms with Gasteiger partial charge in [-0.15, -0.1) is 0 Å². The van der Waals surface area contributed by atoms with Crippen molar-refractivity contribution in [2.45, 2.75) is 58.5 Å². The predicted molar refractivity (Wildman–Crippen MR) is 101 cm³/mol. The molecule has 2 aliphatic rings. The number of hydrogen-bond donors (Lipinski definition) is 0. The van der Waals surface area contributed by atoms with E-state index in [1.165, 1.54) is 38.8 Å². The van der Waals surface area contributed by atoms with Gasteiger partial charge in [-0.3, -0.25) is 0 Å². The molecular weight excluding hydrogens is 298 g/mol. The highest BCUT2D eigenvalue weighted by molar-refractivity contribution is 5.50. The summed E-state index contributed by atoms with van der Waals surface area (Å²) in [5, 5.41) is 0. The number of hydrogen-bond acceptors (Lipinski definition) is 5. The van der Waals surface area contributed by atoms with Gasteiger partial charge in [-0.1, -0.05) is 6.92 Å². The summed E-state index contributed by atoms with van der Waals surface area (Å²) in [5.74, 6) is 2.93. The fraction of sp³-hybridized carbons (Fsp3) is 0.789. The van der Waals surface area contributed by atoms with Crippen LogP contribution >= 0.6 is 0 Å². The molecular formula is C19H33N5. The monoisotopic (exact) mass is 331 g/mol. The fourth-order valence-corrected chi connectivity index (χ4v) is 4.08. The molecule has 0 N–H and O–H groups in total. The molecule has 1 aromatic heterocycles. The summed E-state index contributed by atoms with van der Waals surface area (Å²) in [5.41, 5.74) is 0. The van der Waals surface area contributed by atoms with E-state index in [-0.39, 0.29) is 0 Å². The van der Waals surface area contributed by atoms with Gasteiger partial charge in [0.15, 0.2) is 0 Å². The minimum atomic E-state index is 0.586. The Kier molecular flexibility index (Phi) is 5.59. The summed E-state index contributed by atoms with van der Waals surface area (Å²) in [6, 6.07) is 3.43. The number of nitrogens with zero attached hydrogens (tertiary/aromatic N) is 5. The van der Waals surface area contributed by atoms with Crippen molar-refractivity contribution in [2.75, 3.05) is 43.0 Å². The molecule has 134 valence electrons. The average molecular weight is 332 g/mol. The predicted octanol–water partition coefficient (Wildman–Crippen LogP) is 3.02. The molecule has 0 saturated carbocycles. The first-order valence-corrected chi connectivity index (χ1v) is 9.58. The molecule has 2 aliphatic heterocycles. The molecule has 0 amide bonds. The van der Waals surface area contributed by atoms with Crippen LogP contribution in [0.5, 0.6) is 0 Å². The van der Waals surface area contributed by atoms with Gasteiger partial charge < -0.3 is 14.7 Å². The lowest BCUT2D eigenvalue weighted by Gasteiger charge is -2.39. The van der Waals surface area contributed by atoms with Gasteiger partial charge in [-0.05, 0) is 45.4 Å². The number of rotatable bonds is 4.